The lowest BCUT2D eigenvalue weighted by Crippen LogP contribution is -2.30. The number of carbonyl (C=O) groups is 1. The van der Waals surface area contributed by atoms with E-state index < -0.39 is 30.0 Å². The van der Waals surface area contributed by atoms with Crippen LogP contribution in [0.1, 0.15) is 16.8 Å². The van der Waals surface area contributed by atoms with Gasteiger partial charge in [0, 0.05) is 25.7 Å². The molecule has 0 aliphatic heterocycles. The summed E-state index contributed by atoms with van der Waals surface area (Å²) in [6, 6.07) is 3.20. The summed E-state index contributed by atoms with van der Waals surface area (Å²) in [5, 5.41) is 10.5. The Labute approximate surface area is 117 Å². The molecule has 0 aromatic heterocycles. The highest BCUT2D eigenvalue weighted by Gasteiger charge is 2.28. The van der Waals surface area contributed by atoms with Gasteiger partial charge in [0.2, 0.25) is 0 Å². The average Bonchev–Trinajstić information content (AvgIpc) is 2.34. The van der Waals surface area contributed by atoms with Crippen molar-refractivity contribution in [3.05, 3.63) is 38.9 Å². The Kier molecular flexibility index (Phi) is 4.93. The van der Waals surface area contributed by atoms with Gasteiger partial charge in [-0.25, -0.2) is 0 Å². The fourth-order valence-electron chi connectivity index (χ4n) is 1.39. The van der Waals surface area contributed by atoms with E-state index in [9.17, 15) is 28.1 Å². The van der Waals surface area contributed by atoms with Crippen LogP contribution in [0.5, 0.6) is 0 Å². The monoisotopic (exact) mass is 310 g/mol. The van der Waals surface area contributed by atoms with Gasteiger partial charge in [-0.1, -0.05) is 11.6 Å². The minimum atomic E-state index is -4.39. The van der Waals surface area contributed by atoms with Crippen LogP contribution in [0.15, 0.2) is 18.2 Å². The lowest BCUT2D eigenvalue weighted by Gasteiger charge is -2.18. The lowest BCUT2D eigenvalue weighted by atomic mass is 10.1. The minimum Gasteiger partial charge on any atom is -0.341 e. The van der Waals surface area contributed by atoms with Crippen molar-refractivity contribution in [2.24, 2.45) is 0 Å². The van der Waals surface area contributed by atoms with Gasteiger partial charge in [-0.3, -0.25) is 14.9 Å². The van der Waals surface area contributed by atoms with E-state index in [-0.39, 0.29) is 16.3 Å². The lowest BCUT2D eigenvalue weighted by molar-refractivity contribution is -0.384. The fourth-order valence-corrected chi connectivity index (χ4v) is 1.59. The van der Waals surface area contributed by atoms with E-state index in [4.69, 9.17) is 11.6 Å². The van der Waals surface area contributed by atoms with Gasteiger partial charge in [0.05, 0.1) is 21.9 Å². The highest BCUT2D eigenvalue weighted by molar-refractivity contribution is 6.33. The molecule has 0 aliphatic rings. The number of rotatable bonds is 4. The quantitative estimate of drug-likeness (QED) is 0.633. The number of nitro groups is 1. The molecule has 0 fully saturated rings. The fraction of sp³-hybridized carbons (Fsp3) is 0.364. The Morgan fingerprint density at radius 1 is 1.45 bits per heavy atom. The van der Waals surface area contributed by atoms with E-state index >= 15 is 0 Å². The molecule has 0 saturated carbocycles. The van der Waals surface area contributed by atoms with Crippen molar-refractivity contribution in [3.8, 4) is 0 Å². The Balaban J connectivity index is 2.91. The highest BCUT2D eigenvalue weighted by atomic mass is 35.5. The van der Waals surface area contributed by atoms with Crippen molar-refractivity contribution in [2.45, 2.75) is 12.6 Å². The molecule has 0 heterocycles. The summed E-state index contributed by atoms with van der Waals surface area (Å²) in [6.45, 7) is -0.554. The van der Waals surface area contributed by atoms with E-state index in [1.165, 1.54) is 7.05 Å². The van der Waals surface area contributed by atoms with E-state index in [1.54, 1.807) is 0 Å². The van der Waals surface area contributed by atoms with Gasteiger partial charge < -0.3 is 4.90 Å². The van der Waals surface area contributed by atoms with Gasteiger partial charge in [0.25, 0.3) is 11.6 Å². The van der Waals surface area contributed by atoms with Gasteiger partial charge in [-0.2, -0.15) is 13.2 Å². The molecule has 0 atom stereocenters. The van der Waals surface area contributed by atoms with Gasteiger partial charge >= 0.3 is 6.18 Å². The Bertz CT molecular complexity index is 534. The predicted octanol–water partition coefficient (Wildman–Crippen LogP) is 3.27. The third-order valence-electron chi connectivity index (χ3n) is 2.47. The third-order valence-corrected chi connectivity index (χ3v) is 2.80. The molecule has 0 unspecified atom stereocenters. The van der Waals surface area contributed by atoms with Crippen molar-refractivity contribution >= 4 is 23.2 Å². The number of amides is 1. The molecule has 5 nitrogen and oxygen atoms in total. The molecule has 110 valence electrons. The standard InChI is InChI=1S/C11H10ClF3N2O3/c1-16(5-4-11(13,14)15)10(18)8-6-7(17(19)20)2-3-9(8)12/h2-3,6H,4-5H2,1H3. The third kappa shape index (κ3) is 4.37. The molecule has 1 amide bonds. The van der Waals surface area contributed by atoms with E-state index in [1.807, 2.05) is 0 Å². The molecule has 0 radical (unpaired) electrons. The molecule has 1 aromatic carbocycles. The summed E-state index contributed by atoms with van der Waals surface area (Å²) in [4.78, 5) is 22.6. The average molecular weight is 311 g/mol. The van der Waals surface area contributed by atoms with E-state index in [0.29, 0.717) is 0 Å². The van der Waals surface area contributed by atoms with Crippen LogP contribution in [0.3, 0.4) is 0 Å². The molecule has 0 saturated heterocycles. The summed E-state index contributed by atoms with van der Waals surface area (Å²) in [5.41, 5.74) is -0.562. The van der Waals surface area contributed by atoms with Crippen LogP contribution < -0.4 is 0 Å². The Hall–Kier alpha value is -1.83. The van der Waals surface area contributed by atoms with Crippen LogP contribution in [0.4, 0.5) is 18.9 Å². The normalized spacial score (nSPS) is 11.2. The second kappa shape index (κ2) is 6.08. The van der Waals surface area contributed by atoms with E-state index in [2.05, 4.69) is 0 Å². The first-order valence-electron chi connectivity index (χ1n) is 5.38. The van der Waals surface area contributed by atoms with Gasteiger partial charge in [-0.15, -0.1) is 0 Å². The summed E-state index contributed by atoms with van der Waals surface area (Å²) >= 11 is 5.74. The van der Waals surface area contributed by atoms with Crippen LogP contribution in [0, 0.1) is 10.1 Å². The number of nitrogens with zero attached hydrogens (tertiary/aromatic N) is 2. The molecule has 0 aliphatic carbocycles. The summed E-state index contributed by atoms with van der Waals surface area (Å²) in [6.07, 6.45) is -5.55. The molecule has 1 rings (SSSR count). The van der Waals surface area contributed by atoms with Crippen LogP contribution in [-0.2, 0) is 0 Å². The van der Waals surface area contributed by atoms with Crippen molar-refractivity contribution < 1.29 is 22.9 Å². The highest BCUT2D eigenvalue weighted by Crippen LogP contribution is 2.24. The summed E-state index contributed by atoms with van der Waals surface area (Å²) in [7, 11) is 1.17. The van der Waals surface area contributed by atoms with Crippen molar-refractivity contribution in [1.82, 2.24) is 4.90 Å². The summed E-state index contributed by atoms with van der Waals surface area (Å²) in [5.74, 6) is -0.803. The molecular weight excluding hydrogens is 301 g/mol. The number of nitro benzene ring substituents is 1. The van der Waals surface area contributed by atoms with E-state index in [0.717, 1.165) is 23.1 Å². The van der Waals surface area contributed by atoms with Gasteiger partial charge in [-0.05, 0) is 6.07 Å². The van der Waals surface area contributed by atoms with Crippen LogP contribution in [0.25, 0.3) is 0 Å². The number of alkyl halides is 3. The van der Waals surface area contributed by atoms with Crippen LogP contribution in [-0.4, -0.2) is 35.5 Å². The maximum Gasteiger partial charge on any atom is 0.390 e. The Morgan fingerprint density at radius 3 is 2.55 bits per heavy atom. The van der Waals surface area contributed by atoms with Crippen molar-refractivity contribution in [1.29, 1.82) is 0 Å². The number of benzene rings is 1. The Morgan fingerprint density at radius 2 is 2.05 bits per heavy atom. The maximum absolute atomic E-state index is 12.1. The maximum atomic E-state index is 12.1. The first-order chi connectivity index (χ1) is 9.11. The molecule has 0 N–H and O–H groups in total. The largest absolute Gasteiger partial charge is 0.390 e. The molecule has 20 heavy (non-hydrogen) atoms. The molecule has 9 heteroatoms. The zero-order valence-corrected chi connectivity index (χ0v) is 11.0. The van der Waals surface area contributed by atoms with Crippen molar-refractivity contribution in [2.75, 3.05) is 13.6 Å². The van der Waals surface area contributed by atoms with Gasteiger partial charge in [0.1, 0.15) is 0 Å². The number of hydrogen-bond donors (Lipinski definition) is 0. The minimum absolute atomic E-state index is 0.0561. The second-order valence-corrected chi connectivity index (χ2v) is 4.42. The number of carbonyl (C=O) groups excluding carboxylic acids is 1. The van der Waals surface area contributed by atoms with Crippen LogP contribution in [0.2, 0.25) is 5.02 Å². The van der Waals surface area contributed by atoms with Gasteiger partial charge in [0.15, 0.2) is 0 Å². The first kappa shape index (κ1) is 16.2. The smallest absolute Gasteiger partial charge is 0.341 e. The molecular formula is C11H10ClF3N2O3. The first-order valence-corrected chi connectivity index (χ1v) is 5.76. The molecule has 0 spiro atoms. The second-order valence-electron chi connectivity index (χ2n) is 4.01. The predicted molar refractivity (Wildman–Crippen MR) is 65.7 cm³/mol. The zero-order chi connectivity index (χ0) is 15.5. The number of non-ortho nitro benzene ring substituents is 1. The molecule has 0 bridgehead atoms. The summed E-state index contributed by atoms with van der Waals surface area (Å²) < 4.78 is 36.2. The zero-order valence-electron chi connectivity index (χ0n) is 10.3. The molecule has 1 aromatic rings. The number of halogens is 4. The topological polar surface area (TPSA) is 63.5 Å². The van der Waals surface area contributed by atoms with Crippen LogP contribution >= 0.6 is 11.6 Å². The SMILES string of the molecule is CN(CCC(F)(F)F)C(=O)c1cc([N+](=O)[O-])ccc1Cl. The van der Waals surface area contributed by atoms with Crippen molar-refractivity contribution in [3.63, 3.8) is 0 Å². The number of hydrogen-bond acceptors (Lipinski definition) is 3.